The number of nitrogens with one attached hydrogen (secondary N) is 2. The summed E-state index contributed by atoms with van der Waals surface area (Å²) in [6.07, 6.45) is 0.708. The molecule has 0 bridgehead atoms. The Balaban J connectivity index is 1.75. The zero-order valence-corrected chi connectivity index (χ0v) is 19.5. The summed E-state index contributed by atoms with van der Waals surface area (Å²) in [6.45, 7) is -0.0400. The van der Waals surface area contributed by atoms with Crippen LogP contribution in [0.25, 0.3) is 0 Å². The molecule has 2 aliphatic rings. The quantitative estimate of drug-likeness (QED) is 0.366. The van der Waals surface area contributed by atoms with E-state index in [1.807, 2.05) is 22.6 Å². The van der Waals surface area contributed by atoms with Crippen LogP contribution < -0.4 is 15.6 Å². The maximum atomic E-state index is 14.4. The van der Waals surface area contributed by atoms with Crippen molar-refractivity contribution in [1.29, 1.82) is 0 Å². The van der Waals surface area contributed by atoms with E-state index in [0.717, 1.165) is 0 Å². The number of aromatic nitrogens is 1. The van der Waals surface area contributed by atoms with Gasteiger partial charge in [-0.05, 0) is 72.9 Å². The van der Waals surface area contributed by atoms with Crippen LogP contribution in [0.15, 0.2) is 29.1 Å². The van der Waals surface area contributed by atoms with Gasteiger partial charge in [-0.25, -0.2) is 12.8 Å². The number of aliphatic hydroxyl groups is 2. The number of nitrogens with zero attached hydrogens (tertiary/aromatic N) is 1. The summed E-state index contributed by atoms with van der Waals surface area (Å²) in [7, 11) is -3.94. The van der Waals surface area contributed by atoms with Crippen LogP contribution in [0.2, 0.25) is 0 Å². The number of pyridine rings is 1. The average molecular weight is 563 g/mol. The van der Waals surface area contributed by atoms with Crippen LogP contribution in [0.3, 0.4) is 0 Å². The molecule has 0 amide bonds. The summed E-state index contributed by atoms with van der Waals surface area (Å²) in [5.41, 5.74) is 0.781. The van der Waals surface area contributed by atoms with Crippen LogP contribution in [0.5, 0.6) is 0 Å². The standard InChI is InChI=1S/C20H23FIN3O5S/c21-14-8-12(22)3-4-15(14)23-16-9-18(28)25-7-1-2-17(25)19(16)24-31(29,30)20(5-6-20)10-13(27)11-26/h3-4,8-9,13,23-24,26-27H,1-2,5-7,10-11H2. The smallest absolute Gasteiger partial charge is 0.252 e. The van der Waals surface area contributed by atoms with Crippen molar-refractivity contribution in [2.24, 2.45) is 0 Å². The van der Waals surface area contributed by atoms with Crippen LogP contribution in [0.4, 0.5) is 21.5 Å². The molecule has 1 aromatic carbocycles. The molecule has 31 heavy (non-hydrogen) atoms. The third-order valence-corrected chi connectivity index (χ3v) is 8.70. The number of hydrogen-bond donors (Lipinski definition) is 4. The van der Waals surface area contributed by atoms with Crippen LogP contribution >= 0.6 is 22.6 Å². The highest BCUT2D eigenvalue weighted by atomic mass is 127. The lowest BCUT2D eigenvalue weighted by Gasteiger charge is -2.23. The fraction of sp³-hybridized carbons (Fsp3) is 0.450. The molecule has 2 aromatic rings. The van der Waals surface area contributed by atoms with Gasteiger partial charge in [0.1, 0.15) is 5.82 Å². The highest BCUT2D eigenvalue weighted by Crippen LogP contribution is 2.48. The van der Waals surface area contributed by atoms with Crippen molar-refractivity contribution in [3.05, 3.63) is 49.7 Å². The molecule has 0 radical (unpaired) electrons. The van der Waals surface area contributed by atoms with Gasteiger partial charge in [-0.15, -0.1) is 0 Å². The molecule has 8 nitrogen and oxygen atoms in total. The molecule has 1 aliphatic carbocycles. The van der Waals surface area contributed by atoms with E-state index in [1.165, 1.54) is 22.8 Å². The molecular formula is C20H23FIN3O5S. The Hall–Kier alpha value is -1.70. The van der Waals surface area contributed by atoms with E-state index in [-0.39, 0.29) is 29.0 Å². The van der Waals surface area contributed by atoms with Crippen molar-refractivity contribution in [3.63, 3.8) is 0 Å². The summed E-state index contributed by atoms with van der Waals surface area (Å²) in [5, 5.41) is 21.8. The van der Waals surface area contributed by atoms with E-state index in [0.29, 0.717) is 41.5 Å². The highest BCUT2D eigenvalue weighted by molar-refractivity contribution is 14.1. The Morgan fingerprint density at radius 2 is 2.00 bits per heavy atom. The highest BCUT2D eigenvalue weighted by Gasteiger charge is 2.55. The van der Waals surface area contributed by atoms with E-state index >= 15 is 0 Å². The summed E-state index contributed by atoms with van der Waals surface area (Å²) >= 11 is 1.98. The van der Waals surface area contributed by atoms with Gasteiger partial charge in [0.05, 0.1) is 34.5 Å². The monoisotopic (exact) mass is 563 g/mol. The summed E-state index contributed by atoms with van der Waals surface area (Å²) in [6, 6.07) is 5.83. The van der Waals surface area contributed by atoms with Gasteiger partial charge in [-0.2, -0.15) is 0 Å². The molecule has 1 aliphatic heterocycles. The predicted octanol–water partition coefficient (Wildman–Crippen LogP) is 2.30. The van der Waals surface area contributed by atoms with Gasteiger partial charge in [0.2, 0.25) is 10.0 Å². The van der Waals surface area contributed by atoms with Crippen molar-refractivity contribution in [1.82, 2.24) is 4.57 Å². The molecule has 1 aromatic heterocycles. The third kappa shape index (κ3) is 4.32. The van der Waals surface area contributed by atoms with Crippen molar-refractivity contribution < 1.29 is 23.0 Å². The Bertz CT molecular complexity index is 1180. The fourth-order valence-corrected chi connectivity index (χ4v) is 6.23. The van der Waals surface area contributed by atoms with E-state index < -0.39 is 33.3 Å². The minimum atomic E-state index is -3.94. The van der Waals surface area contributed by atoms with Gasteiger partial charge in [0.15, 0.2) is 0 Å². The number of fused-ring (bicyclic) bond motifs is 1. The first-order valence-electron chi connectivity index (χ1n) is 9.96. The molecule has 1 unspecified atom stereocenters. The molecule has 1 saturated carbocycles. The summed E-state index contributed by atoms with van der Waals surface area (Å²) < 4.78 is 44.6. The lowest BCUT2D eigenvalue weighted by molar-refractivity contribution is 0.0858. The molecule has 1 fully saturated rings. The van der Waals surface area contributed by atoms with Crippen molar-refractivity contribution in [3.8, 4) is 0 Å². The number of sulfonamides is 1. The largest absolute Gasteiger partial charge is 0.394 e. The number of rotatable bonds is 8. The molecule has 4 rings (SSSR count). The molecular weight excluding hydrogens is 540 g/mol. The molecule has 168 valence electrons. The number of aliphatic hydroxyl groups excluding tert-OH is 2. The SMILES string of the molecule is O=c1cc(Nc2ccc(I)cc2F)c(NS(=O)(=O)C2(CC(O)CO)CC2)c2n1CCC2. The van der Waals surface area contributed by atoms with E-state index in [1.54, 1.807) is 6.07 Å². The van der Waals surface area contributed by atoms with Gasteiger partial charge in [0.25, 0.3) is 5.56 Å². The van der Waals surface area contributed by atoms with Crippen LogP contribution in [-0.2, 0) is 23.0 Å². The first-order chi connectivity index (χ1) is 14.7. The molecule has 11 heteroatoms. The Morgan fingerprint density at radius 3 is 2.65 bits per heavy atom. The second kappa shape index (κ2) is 8.34. The number of hydrogen-bond acceptors (Lipinski definition) is 6. The molecule has 4 N–H and O–H groups in total. The topological polar surface area (TPSA) is 121 Å². The van der Waals surface area contributed by atoms with Gasteiger partial charge in [0, 0.05) is 21.9 Å². The van der Waals surface area contributed by atoms with Crippen molar-refractivity contribution in [2.45, 2.75) is 49.5 Å². The number of anilines is 3. The summed E-state index contributed by atoms with van der Waals surface area (Å²) in [5.74, 6) is -0.522. The average Bonchev–Trinajstić information content (AvgIpc) is 3.33. The van der Waals surface area contributed by atoms with Gasteiger partial charge >= 0.3 is 0 Å². The maximum absolute atomic E-state index is 14.4. The first-order valence-corrected chi connectivity index (χ1v) is 12.5. The van der Waals surface area contributed by atoms with E-state index in [4.69, 9.17) is 5.11 Å². The van der Waals surface area contributed by atoms with Crippen LogP contribution in [0.1, 0.15) is 31.4 Å². The van der Waals surface area contributed by atoms with Gasteiger partial charge in [-0.3, -0.25) is 9.52 Å². The van der Waals surface area contributed by atoms with E-state index in [2.05, 4.69) is 10.0 Å². The lowest BCUT2D eigenvalue weighted by Crippen LogP contribution is -2.35. The Morgan fingerprint density at radius 1 is 1.26 bits per heavy atom. The van der Waals surface area contributed by atoms with Crippen molar-refractivity contribution >= 4 is 49.7 Å². The van der Waals surface area contributed by atoms with Crippen LogP contribution in [0, 0.1) is 9.39 Å². The lowest BCUT2D eigenvalue weighted by atomic mass is 10.2. The second-order valence-corrected chi connectivity index (χ2v) is 11.4. The van der Waals surface area contributed by atoms with E-state index in [9.17, 15) is 22.7 Å². The fourth-order valence-electron chi connectivity index (χ4n) is 4.01. The normalized spacial score (nSPS) is 17.8. The van der Waals surface area contributed by atoms with Gasteiger partial charge < -0.3 is 20.1 Å². The first kappa shape index (κ1) is 22.5. The number of halogens is 2. The Kier molecular flexibility index (Phi) is 6.05. The molecule has 0 spiro atoms. The summed E-state index contributed by atoms with van der Waals surface area (Å²) in [4.78, 5) is 12.6. The second-order valence-electron chi connectivity index (χ2n) is 8.05. The maximum Gasteiger partial charge on any atom is 0.252 e. The molecule has 1 atom stereocenters. The van der Waals surface area contributed by atoms with Gasteiger partial charge in [-0.1, -0.05) is 0 Å². The zero-order chi connectivity index (χ0) is 22.4. The van der Waals surface area contributed by atoms with Crippen LogP contribution in [-0.4, -0.2) is 40.7 Å². The molecule has 2 heterocycles. The predicted molar refractivity (Wildman–Crippen MR) is 124 cm³/mol. The van der Waals surface area contributed by atoms with Crippen molar-refractivity contribution in [2.75, 3.05) is 16.6 Å². The zero-order valence-electron chi connectivity index (χ0n) is 16.6. The third-order valence-electron chi connectivity index (χ3n) is 5.85. The minimum absolute atomic E-state index is 0.0810. The minimum Gasteiger partial charge on any atom is -0.394 e. The molecule has 0 saturated heterocycles. The Labute approximate surface area is 192 Å². The number of benzene rings is 1.